The average Bonchev–Trinajstić information content (AvgIpc) is 3.37. The van der Waals surface area contributed by atoms with Crippen molar-refractivity contribution in [1.29, 1.82) is 0 Å². The Hall–Kier alpha value is -7.94. The maximum atomic E-state index is 2.35. The Bertz CT molecular complexity index is 2930. The van der Waals surface area contributed by atoms with Crippen LogP contribution in [0.3, 0.4) is 0 Å². The third kappa shape index (κ3) is 10.9. The van der Waals surface area contributed by atoms with Gasteiger partial charge in [0.05, 0.1) is 0 Å². The smallest absolute Gasteiger partial charge is 0.0426 e. The molecule has 0 saturated heterocycles. The summed E-state index contributed by atoms with van der Waals surface area (Å²) in [5, 5.41) is 0. The molecule has 0 aliphatic rings. The highest BCUT2D eigenvalue weighted by atomic mass is 15.1. The van der Waals surface area contributed by atoms with Gasteiger partial charge in [-0.3, -0.25) is 0 Å². The summed E-state index contributed by atoms with van der Waals surface area (Å²) in [5.41, 5.74) is 20.5. The molecule has 9 rings (SSSR count). The van der Waals surface area contributed by atoms with E-state index in [1.807, 2.05) is 0 Å². The average molecular weight is 853 g/mol. The van der Waals surface area contributed by atoms with Gasteiger partial charge < -0.3 is 9.80 Å². The zero-order valence-electron chi connectivity index (χ0n) is 38.2. The van der Waals surface area contributed by atoms with Crippen LogP contribution in [0, 0.1) is 6.92 Å². The molecular formula is C64H56N2. The Labute approximate surface area is 392 Å². The lowest BCUT2D eigenvalue weighted by Gasteiger charge is -2.21. The summed E-state index contributed by atoms with van der Waals surface area (Å²) in [4.78, 5) is 4.62. The van der Waals surface area contributed by atoms with E-state index in [4.69, 9.17) is 0 Å². The van der Waals surface area contributed by atoms with Crippen molar-refractivity contribution in [2.75, 3.05) is 23.9 Å². The fourth-order valence-corrected chi connectivity index (χ4v) is 8.70. The first-order chi connectivity index (χ1) is 32.4. The van der Waals surface area contributed by atoms with Gasteiger partial charge in [0.25, 0.3) is 0 Å². The summed E-state index contributed by atoms with van der Waals surface area (Å²) >= 11 is 0. The lowest BCUT2D eigenvalue weighted by Crippen LogP contribution is -2.16. The van der Waals surface area contributed by atoms with Crippen molar-refractivity contribution in [1.82, 2.24) is 0 Å². The van der Waals surface area contributed by atoms with Crippen LogP contribution in [0.4, 0.5) is 11.4 Å². The van der Waals surface area contributed by atoms with Gasteiger partial charge in [-0.15, -0.1) is 0 Å². The number of aryl methyl sites for hydroxylation is 1. The van der Waals surface area contributed by atoms with Crippen molar-refractivity contribution < 1.29 is 0 Å². The first-order valence-corrected chi connectivity index (χ1v) is 23.0. The van der Waals surface area contributed by atoms with Gasteiger partial charge in [-0.2, -0.15) is 0 Å². The summed E-state index contributed by atoms with van der Waals surface area (Å²) in [6.07, 6.45) is 5.57. The van der Waals surface area contributed by atoms with E-state index in [9.17, 15) is 0 Å². The van der Waals surface area contributed by atoms with E-state index in [0.29, 0.717) is 0 Å². The van der Waals surface area contributed by atoms with E-state index in [-0.39, 0.29) is 0 Å². The van der Waals surface area contributed by atoms with Gasteiger partial charge in [0.1, 0.15) is 0 Å². The number of anilines is 2. The number of rotatable bonds is 15. The predicted molar refractivity (Wildman–Crippen MR) is 282 cm³/mol. The Morgan fingerprint density at radius 2 is 0.712 bits per heavy atom. The minimum atomic E-state index is 0.839. The highest BCUT2D eigenvalue weighted by molar-refractivity contribution is 5.89. The van der Waals surface area contributed by atoms with Crippen molar-refractivity contribution in [3.63, 3.8) is 0 Å². The van der Waals surface area contributed by atoms with E-state index in [1.165, 1.54) is 61.4 Å². The Morgan fingerprint density at radius 3 is 1.15 bits per heavy atom. The monoisotopic (exact) mass is 852 g/mol. The molecule has 0 bridgehead atoms. The molecule has 0 N–H and O–H groups in total. The second-order valence-electron chi connectivity index (χ2n) is 17.3. The summed E-state index contributed by atoms with van der Waals surface area (Å²) in [6.45, 7) is 3.82. The minimum absolute atomic E-state index is 0.839. The lowest BCUT2D eigenvalue weighted by atomic mass is 9.90. The van der Waals surface area contributed by atoms with E-state index < -0.39 is 0 Å². The first kappa shape index (κ1) is 43.3. The molecule has 0 radical (unpaired) electrons. The highest BCUT2D eigenvalue weighted by Gasteiger charge is 2.13. The molecule has 0 unspecified atom stereocenters. The fourth-order valence-electron chi connectivity index (χ4n) is 8.70. The first-order valence-electron chi connectivity index (χ1n) is 23.0. The van der Waals surface area contributed by atoms with Crippen LogP contribution < -0.4 is 9.80 Å². The van der Waals surface area contributed by atoms with Crippen molar-refractivity contribution in [3.05, 3.63) is 299 Å². The number of allylic oxidation sites excluding steroid dienone is 2. The summed E-state index contributed by atoms with van der Waals surface area (Å²) in [6, 6.07) is 86.0. The molecule has 0 fully saturated rings. The minimum Gasteiger partial charge on any atom is -0.370 e. The topological polar surface area (TPSA) is 6.48 Å². The molecule has 0 aliphatic carbocycles. The van der Waals surface area contributed by atoms with Gasteiger partial charge in [0, 0.05) is 38.6 Å². The van der Waals surface area contributed by atoms with Gasteiger partial charge in [0.15, 0.2) is 0 Å². The third-order valence-electron chi connectivity index (χ3n) is 12.5. The molecule has 9 aromatic carbocycles. The van der Waals surface area contributed by atoms with Gasteiger partial charge in [-0.1, -0.05) is 218 Å². The molecule has 2 nitrogen and oxygen atoms in total. The highest BCUT2D eigenvalue weighted by Crippen LogP contribution is 2.34. The largest absolute Gasteiger partial charge is 0.370 e. The molecule has 0 spiro atoms. The summed E-state index contributed by atoms with van der Waals surface area (Å²) in [5.74, 6) is 0. The molecule has 0 saturated carbocycles. The van der Waals surface area contributed by atoms with Crippen LogP contribution in [-0.2, 0) is 19.5 Å². The Morgan fingerprint density at radius 1 is 0.333 bits per heavy atom. The molecule has 9 aromatic rings. The predicted octanol–water partition coefficient (Wildman–Crippen LogP) is 15.8. The normalized spacial score (nSPS) is 11.2. The second kappa shape index (κ2) is 20.7. The maximum Gasteiger partial charge on any atom is 0.0426 e. The van der Waals surface area contributed by atoms with Crippen LogP contribution in [-0.4, -0.2) is 14.1 Å². The molecule has 0 heterocycles. The molecule has 0 aliphatic heterocycles. The zero-order chi connectivity index (χ0) is 45.1. The molecular weight excluding hydrogens is 797 g/mol. The van der Waals surface area contributed by atoms with Crippen LogP contribution >= 0.6 is 0 Å². The van der Waals surface area contributed by atoms with Crippen molar-refractivity contribution in [2.24, 2.45) is 0 Å². The Kier molecular flexibility index (Phi) is 13.6. The van der Waals surface area contributed by atoms with E-state index >= 15 is 0 Å². The number of benzene rings is 9. The molecule has 66 heavy (non-hydrogen) atoms. The third-order valence-corrected chi connectivity index (χ3v) is 12.5. The summed E-state index contributed by atoms with van der Waals surface area (Å²) in [7, 11) is 4.33. The van der Waals surface area contributed by atoms with Crippen LogP contribution in [0.2, 0.25) is 0 Å². The molecule has 2 heteroatoms. The van der Waals surface area contributed by atoms with E-state index in [0.717, 1.165) is 52.9 Å². The second-order valence-corrected chi connectivity index (χ2v) is 17.3. The van der Waals surface area contributed by atoms with Gasteiger partial charge >= 0.3 is 0 Å². The maximum absolute atomic E-state index is 2.35. The number of hydrogen-bond donors (Lipinski definition) is 0. The van der Waals surface area contributed by atoms with Crippen LogP contribution in [0.15, 0.2) is 249 Å². The quantitative estimate of drug-likeness (QED) is 0.0948. The van der Waals surface area contributed by atoms with Crippen LogP contribution in [0.5, 0.6) is 0 Å². The SMILES string of the molecule is Cc1ccc(-c2cccc(C(=CC=C(c3ccc(N(C)Cc4ccccc4)cc3)c3ccc(N(C)Cc4ccccc4)cc3)c3cccc(-c4ccc(Cc5ccccc5)cc4)c3)c2)cc1. The van der Waals surface area contributed by atoms with E-state index in [2.05, 4.69) is 280 Å². The standard InChI is InChI=1S/C64H56N2/c1-48-25-29-53(30-26-48)57-21-13-23-59(44-57)64(60-24-14-22-58(45-60)54-31-27-50(28-32-54)43-49-15-7-4-8-16-49)42-41-63(55-33-37-61(38-34-55)65(2)46-51-17-9-5-10-18-51)56-35-39-62(40-36-56)66(3)47-52-19-11-6-12-20-52/h4-42,44-45H,43,46-47H2,1-3H3. The molecule has 0 aromatic heterocycles. The van der Waals surface area contributed by atoms with Crippen LogP contribution in [0.25, 0.3) is 33.4 Å². The van der Waals surface area contributed by atoms with Crippen molar-refractivity contribution in [2.45, 2.75) is 26.4 Å². The van der Waals surface area contributed by atoms with Gasteiger partial charge in [0.2, 0.25) is 0 Å². The number of hydrogen-bond acceptors (Lipinski definition) is 2. The lowest BCUT2D eigenvalue weighted by molar-refractivity contribution is 0.923. The van der Waals surface area contributed by atoms with Crippen molar-refractivity contribution >= 4 is 22.5 Å². The molecule has 322 valence electrons. The van der Waals surface area contributed by atoms with Crippen LogP contribution in [0.1, 0.15) is 50.1 Å². The fraction of sp³-hybridized carbons (Fsp3) is 0.0938. The van der Waals surface area contributed by atoms with E-state index in [1.54, 1.807) is 0 Å². The van der Waals surface area contributed by atoms with Crippen molar-refractivity contribution in [3.8, 4) is 22.3 Å². The Balaban J connectivity index is 1.12. The van der Waals surface area contributed by atoms with Gasteiger partial charge in [-0.05, 0) is 128 Å². The molecule has 0 amide bonds. The zero-order valence-corrected chi connectivity index (χ0v) is 38.2. The molecule has 0 atom stereocenters. The number of nitrogens with zero attached hydrogens (tertiary/aromatic N) is 2. The summed E-state index contributed by atoms with van der Waals surface area (Å²) < 4.78 is 0. The van der Waals surface area contributed by atoms with Gasteiger partial charge in [-0.25, -0.2) is 0 Å².